The minimum absolute atomic E-state index is 0.236. The number of methoxy groups -OCH3 is 1. The molecule has 2 atom stereocenters. The molecule has 2 N–H and O–H groups in total. The lowest BCUT2D eigenvalue weighted by atomic mass is 9.92. The summed E-state index contributed by atoms with van der Waals surface area (Å²) in [7, 11) is 1.62. The van der Waals surface area contributed by atoms with Crippen molar-refractivity contribution in [3.05, 3.63) is 45.9 Å². The zero-order valence-corrected chi connectivity index (χ0v) is 23.8. The molecule has 0 aliphatic carbocycles. The van der Waals surface area contributed by atoms with Crippen LogP contribution in [0.3, 0.4) is 0 Å². The van der Waals surface area contributed by atoms with Crippen molar-refractivity contribution in [2.24, 2.45) is 0 Å². The van der Waals surface area contributed by atoms with Crippen LogP contribution in [0, 0.1) is 11.3 Å². The minimum Gasteiger partial charge on any atom is -0.398 e. The van der Waals surface area contributed by atoms with Gasteiger partial charge in [0.15, 0.2) is 0 Å². The van der Waals surface area contributed by atoms with E-state index in [1.54, 1.807) is 13.2 Å². The van der Waals surface area contributed by atoms with Crippen molar-refractivity contribution in [3.63, 3.8) is 0 Å². The minimum atomic E-state index is -0.829. The molecule has 4 heterocycles. The Morgan fingerprint density at radius 3 is 2.54 bits per heavy atom. The van der Waals surface area contributed by atoms with E-state index in [-0.39, 0.29) is 5.54 Å². The van der Waals surface area contributed by atoms with Crippen LogP contribution in [0.25, 0.3) is 0 Å². The smallest absolute Gasteiger partial charge is 0.138 e. The molecule has 0 spiro atoms. The first-order valence-electron chi connectivity index (χ1n) is 14.2. The molecule has 3 saturated heterocycles. The van der Waals surface area contributed by atoms with Crippen molar-refractivity contribution in [1.29, 1.82) is 5.26 Å². The van der Waals surface area contributed by atoms with E-state index in [0.29, 0.717) is 56.2 Å². The molecule has 7 nitrogen and oxygen atoms in total. The van der Waals surface area contributed by atoms with E-state index >= 15 is 0 Å². The molecule has 0 amide bonds. The molecular formula is C30H42F2N6O. The average Bonchev–Trinajstić information content (AvgIpc) is 3.38. The Balaban J connectivity index is 0.000000292. The monoisotopic (exact) mass is 540 g/mol. The molecule has 2 unspecified atom stereocenters. The number of rotatable bonds is 8. The van der Waals surface area contributed by atoms with Gasteiger partial charge in [0.1, 0.15) is 30.1 Å². The third-order valence-corrected chi connectivity index (χ3v) is 8.26. The Morgan fingerprint density at radius 2 is 1.92 bits per heavy atom. The summed E-state index contributed by atoms with van der Waals surface area (Å²) in [5, 5.41) is 9.73. The molecule has 0 bridgehead atoms. The molecule has 1 aromatic heterocycles. The summed E-state index contributed by atoms with van der Waals surface area (Å²) >= 11 is 0. The van der Waals surface area contributed by atoms with Gasteiger partial charge in [-0.05, 0) is 56.3 Å². The maximum absolute atomic E-state index is 13.5. The van der Waals surface area contributed by atoms with Gasteiger partial charge in [0.05, 0.1) is 31.0 Å². The fourth-order valence-corrected chi connectivity index (χ4v) is 6.14. The number of nitrogen functional groups attached to an aromatic ring is 1. The highest BCUT2D eigenvalue weighted by Crippen LogP contribution is 2.39. The van der Waals surface area contributed by atoms with Gasteiger partial charge in [0, 0.05) is 43.3 Å². The van der Waals surface area contributed by atoms with Gasteiger partial charge in [-0.2, -0.15) is 5.26 Å². The summed E-state index contributed by atoms with van der Waals surface area (Å²) in [5.41, 5.74) is 11.0. The first-order valence-corrected chi connectivity index (χ1v) is 14.2. The van der Waals surface area contributed by atoms with E-state index in [4.69, 9.17) is 15.5 Å². The number of nitriles is 1. The maximum atomic E-state index is 13.5. The van der Waals surface area contributed by atoms with Crippen LogP contribution in [0.5, 0.6) is 0 Å². The van der Waals surface area contributed by atoms with Crippen LogP contribution >= 0.6 is 0 Å². The number of benzene rings is 1. The van der Waals surface area contributed by atoms with E-state index < -0.39 is 12.3 Å². The normalized spacial score (nSPS) is 22.7. The molecule has 3 aliphatic rings. The fourth-order valence-electron chi connectivity index (χ4n) is 6.14. The first kappa shape index (κ1) is 29.2. The highest BCUT2D eigenvalue weighted by molar-refractivity contribution is 5.62. The number of nitrogens with zero attached hydrogens (tertiary/aromatic N) is 5. The topological polar surface area (TPSA) is 91.3 Å². The summed E-state index contributed by atoms with van der Waals surface area (Å²) in [5.74, 6) is 1.44. The Morgan fingerprint density at radius 1 is 1.15 bits per heavy atom. The summed E-state index contributed by atoms with van der Waals surface area (Å²) < 4.78 is 31.8. The van der Waals surface area contributed by atoms with Crippen molar-refractivity contribution in [2.45, 2.75) is 90.2 Å². The molecular weight excluding hydrogens is 498 g/mol. The number of nitrogens with two attached hydrogens (primary N) is 1. The average molecular weight is 541 g/mol. The lowest BCUT2D eigenvalue weighted by Gasteiger charge is -2.37. The Hall–Kier alpha value is -2.83. The first-order chi connectivity index (χ1) is 18.7. The number of aromatic nitrogens is 2. The number of ether oxygens (including phenoxy) is 1. The van der Waals surface area contributed by atoms with E-state index in [9.17, 15) is 14.0 Å². The number of aryl methyl sites for hydroxylation is 2. The summed E-state index contributed by atoms with van der Waals surface area (Å²) in [6.07, 6.45) is 4.82. The molecule has 5 rings (SSSR count). The SMILES string of the molecule is CC12CCCN1CC(F)C2.CCCc1ccc(N)c(C#N)c1Cc1nc(CC)nc(N2CC(F)C2)c1COC. The zero-order valence-electron chi connectivity index (χ0n) is 23.8. The van der Waals surface area contributed by atoms with Gasteiger partial charge in [-0.3, -0.25) is 4.90 Å². The molecule has 1 aromatic carbocycles. The van der Waals surface area contributed by atoms with E-state index in [1.165, 1.54) is 12.8 Å². The lowest BCUT2D eigenvalue weighted by molar-refractivity contribution is 0.182. The molecule has 0 radical (unpaired) electrons. The summed E-state index contributed by atoms with van der Waals surface area (Å²) in [4.78, 5) is 13.7. The van der Waals surface area contributed by atoms with Crippen LogP contribution in [0.4, 0.5) is 20.3 Å². The van der Waals surface area contributed by atoms with E-state index in [2.05, 4.69) is 29.8 Å². The van der Waals surface area contributed by atoms with Crippen LogP contribution in [0.15, 0.2) is 12.1 Å². The standard InChI is InChI=1S/C22H28FN5O.C8H14FN/c1-4-6-14-7-8-19(25)17(10-24)16(14)9-20-18(13-29-3)22(27-21(5-2)26-20)28-11-15(23)12-28;1-8-3-2-4-10(8)6-7(9)5-8/h7-8,15H,4-6,9,11-13,25H2,1-3H3;7H,2-6H2,1H3. The van der Waals surface area contributed by atoms with E-state index in [0.717, 1.165) is 54.0 Å². The largest absolute Gasteiger partial charge is 0.398 e. The van der Waals surface area contributed by atoms with Crippen molar-refractivity contribution < 1.29 is 13.5 Å². The summed E-state index contributed by atoms with van der Waals surface area (Å²) in [6.45, 7) is 9.11. The van der Waals surface area contributed by atoms with Gasteiger partial charge >= 0.3 is 0 Å². The van der Waals surface area contributed by atoms with Crippen molar-refractivity contribution in [1.82, 2.24) is 14.9 Å². The predicted molar refractivity (Wildman–Crippen MR) is 150 cm³/mol. The second-order valence-electron chi connectivity index (χ2n) is 11.2. The molecule has 3 aliphatic heterocycles. The van der Waals surface area contributed by atoms with Crippen LogP contribution < -0.4 is 10.6 Å². The second kappa shape index (κ2) is 12.6. The number of fused-ring (bicyclic) bond motifs is 1. The predicted octanol–water partition coefficient (Wildman–Crippen LogP) is 4.92. The number of anilines is 2. The molecule has 212 valence electrons. The summed E-state index contributed by atoms with van der Waals surface area (Å²) in [6, 6.07) is 6.06. The number of hydrogen-bond acceptors (Lipinski definition) is 7. The molecule has 9 heteroatoms. The van der Waals surface area contributed by atoms with Crippen LogP contribution in [-0.4, -0.2) is 66.0 Å². The quantitative estimate of drug-likeness (QED) is 0.475. The lowest BCUT2D eigenvalue weighted by Crippen LogP contribution is -2.49. The third-order valence-electron chi connectivity index (χ3n) is 8.26. The van der Waals surface area contributed by atoms with Gasteiger partial charge in [0.2, 0.25) is 0 Å². The van der Waals surface area contributed by atoms with Crippen molar-refractivity contribution in [2.75, 3.05) is 43.9 Å². The van der Waals surface area contributed by atoms with Crippen molar-refractivity contribution in [3.8, 4) is 6.07 Å². The Kier molecular flexibility index (Phi) is 9.39. The number of alkyl halides is 2. The van der Waals surface area contributed by atoms with Gasteiger partial charge in [-0.15, -0.1) is 0 Å². The molecule has 3 fully saturated rings. The van der Waals surface area contributed by atoms with Crippen LogP contribution in [0.1, 0.15) is 80.2 Å². The highest BCUT2D eigenvalue weighted by Gasteiger charge is 2.44. The molecule has 2 aromatic rings. The van der Waals surface area contributed by atoms with Gasteiger partial charge < -0.3 is 15.4 Å². The molecule has 39 heavy (non-hydrogen) atoms. The van der Waals surface area contributed by atoms with E-state index in [1.807, 2.05) is 17.9 Å². The van der Waals surface area contributed by atoms with Gasteiger partial charge in [-0.1, -0.05) is 26.3 Å². The Labute approximate surface area is 231 Å². The molecule has 0 saturated carbocycles. The van der Waals surface area contributed by atoms with Gasteiger partial charge in [0.25, 0.3) is 0 Å². The third kappa shape index (κ3) is 6.33. The Bertz CT molecular complexity index is 1190. The van der Waals surface area contributed by atoms with Crippen LogP contribution in [0.2, 0.25) is 0 Å². The highest BCUT2D eigenvalue weighted by atomic mass is 19.1. The maximum Gasteiger partial charge on any atom is 0.138 e. The second-order valence-corrected chi connectivity index (χ2v) is 11.2. The zero-order chi connectivity index (χ0) is 28.2. The van der Waals surface area contributed by atoms with Gasteiger partial charge in [-0.25, -0.2) is 18.7 Å². The van der Waals surface area contributed by atoms with Crippen LogP contribution in [-0.2, 0) is 30.6 Å². The fraction of sp³-hybridized carbons (Fsp3) is 0.633. The van der Waals surface area contributed by atoms with Crippen molar-refractivity contribution >= 4 is 11.5 Å². The number of hydrogen-bond donors (Lipinski definition) is 1. The number of halogens is 2.